The van der Waals surface area contributed by atoms with Crippen molar-refractivity contribution in [3.05, 3.63) is 0 Å². The number of nitrogens with one attached hydrogen (secondary N) is 1. The molecule has 5 N–H and O–H groups in total. The van der Waals surface area contributed by atoms with Crippen molar-refractivity contribution in [2.24, 2.45) is 11.5 Å². The number of carbonyl (C=O) groups excluding carboxylic acids is 2. The van der Waals surface area contributed by atoms with Gasteiger partial charge in [0.15, 0.2) is 0 Å². The molecule has 0 aromatic carbocycles. The van der Waals surface area contributed by atoms with Gasteiger partial charge in [-0.3, -0.25) is 14.5 Å². The molecule has 0 saturated carbocycles. The number of rotatable bonds is 7. The van der Waals surface area contributed by atoms with Crippen molar-refractivity contribution >= 4 is 11.8 Å². The van der Waals surface area contributed by atoms with Crippen molar-refractivity contribution < 1.29 is 9.59 Å². The molecule has 0 unspecified atom stereocenters. The second-order valence-corrected chi connectivity index (χ2v) is 2.91. The molecule has 0 radical (unpaired) electrons. The minimum atomic E-state index is -0.432. The zero-order chi connectivity index (χ0) is 11.0. The number of amides is 2. The molecule has 0 aromatic heterocycles. The zero-order valence-corrected chi connectivity index (χ0v) is 8.45. The molecule has 6 nitrogen and oxygen atoms in total. The van der Waals surface area contributed by atoms with E-state index in [0.29, 0.717) is 19.6 Å². The molecule has 14 heavy (non-hydrogen) atoms. The van der Waals surface area contributed by atoms with Crippen LogP contribution >= 0.6 is 0 Å². The second kappa shape index (κ2) is 7.28. The van der Waals surface area contributed by atoms with E-state index in [-0.39, 0.29) is 19.0 Å². The van der Waals surface area contributed by atoms with Crippen molar-refractivity contribution in [1.29, 1.82) is 0 Å². The summed E-state index contributed by atoms with van der Waals surface area (Å²) >= 11 is 0. The highest BCUT2D eigenvalue weighted by molar-refractivity contribution is 5.80. The zero-order valence-electron chi connectivity index (χ0n) is 8.45. The maximum atomic E-state index is 11.2. The maximum absolute atomic E-state index is 11.2. The van der Waals surface area contributed by atoms with Gasteiger partial charge in [0.1, 0.15) is 0 Å². The van der Waals surface area contributed by atoms with Crippen LogP contribution in [0.25, 0.3) is 0 Å². The monoisotopic (exact) mass is 202 g/mol. The van der Waals surface area contributed by atoms with Crippen LogP contribution in [0.3, 0.4) is 0 Å². The summed E-state index contributed by atoms with van der Waals surface area (Å²) in [7, 11) is 0. The number of likely N-dealkylation sites (N-methyl/N-ethyl adjacent to an activating group) is 1. The van der Waals surface area contributed by atoms with E-state index in [1.807, 2.05) is 6.92 Å². The summed E-state index contributed by atoms with van der Waals surface area (Å²) in [6.07, 6.45) is 0. The summed E-state index contributed by atoms with van der Waals surface area (Å²) in [5.41, 5.74) is 10.2. The third-order valence-corrected chi connectivity index (χ3v) is 1.66. The molecular weight excluding hydrogens is 184 g/mol. The first-order valence-corrected chi connectivity index (χ1v) is 4.57. The smallest absolute Gasteiger partial charge is 0.234 e. The Morgan fingerprint density at radius 1 is 1.36 bits per heavy atom. The fourth-order valence-corrected chi connectivity index (χ4v) is 0.970. The average molecular weight is 202 g/mol. The predicted molar refractivity (Wildman–Crippen MR) is 53.4 cm³/mol. The van der Waals surface area contributed by atoms with Crippen molar-refractivity contribution in [2.45, 2.75) is 6.92 Å². The molecule has 0 saturated heterocycles. The summed E-state index contributed by atoms with van der Waals surface area (Å²) in [5.74, 6) is -0.572. The molecular formula is C8H18N4O2. The van der Waals surface area contributed by atoms with Crippen LogP contribution in [0.1, 0.15) is 6.92 Å². The Morgan fingerprint density at radius 3 is 2.43 bits per heavy atom. The van der Waals surface area contributed by atoms with Crippen LogP contribution in [-0.2, 0) is 9.59 Å². The maximum Gasteiger partial charge on any atom is 0.234 e. The molecule has 0 bridgehead atoms. The van der Waals surface area contributed by atoms with E-state index in [1.54, 1.807) is 4.90 Å². The van der Waals surface area contributed by atoms with Crippen molar-refractivity contribution in [1.82, 2.24) is 10.2 Å². The van der Waals surface area contributed by atoms with E-state index >= 15 is 0 Å². The quantitative estimate of drug-likeness (QED) is 0.439. The first-order chi connectivity index (χ1) is 6.60. The highest BCUT2D eigenvalue weighted by Crippen LogP contribution is 1.85. The Balaban J connectivity index is 3.80. The van der Waals surface area contributed by atoms with Gasteiger partial charge in [0.25, 0.3) is 0 Å². The van der Waals surface area contributed by atoms with Gasteiger partial charge >= 0.3 is 0 Å². The van der Waals surface area contributed by atoms with Gasteiger partial charge in [0, 0.05) is 13.1 Å². The van der Waals surface area contributed by atoms with Gasteiger partial charge in [-0.25, -0.2) is 0 Å². The van der Waals surface area contributed by atoms with Gasteiger partial charge in [0.2, 0.25) is 11.8 Å². The number of hydrogen-bond donors (Lipinski definition) is 3. The van der Waals surface area contributed by atoms with Crippen LogP contribution in [0.15, 0.2) is 0 Å². The van der Waals surface area contributed by atoms with Crippen LogP contribution in [0.5, 0.6) is 0 Å². The van der Waals surface area contributed by atoms with Gasteiger partial charge in [0.05, 0.1) is 13.1 Å². The summed E-state index contributed by atoms with van der Waals surface area (Å²) in [6, 6.07) is 0. The van der Waals surface area contributed by atoms with Crippen LogP contribution in [0, 0.1) is 0 Å². The topological polar surface area (TPSA) is 101 Å². The molecule has 6 heteroatoms. The predicted octanol–water partition coefficient (Wildman–Crippen LogP) is -2.13. The molecule has 0 aliphatic rings. The third-order valence-electron chi connectivity index (χ3n) is 1.66. The molecule has 0 aliphatic heterocycles. The summed E-state index contributed by atoms with van der Waals surface area (Å²) in [4.78, 5) is 23.4. The Morgan fingerprint density at radius 2 is 2.00 bits per heavy atom. The molecule has 0 rings (SSSR count). The Labute approximate surface area is 83.6 Å². The van der Waals surface area contributed by atoms with E-state index in [4.69, 9.17) is 11.5 Å². The Bertz CT molecular complexity index is 196. The number of nitrogens with zero attached hydrogens (tertiary/aromatic N) is 1. The molecule has 0 heterocycles. The molecule has 82 valence electrons. The molecule has 0 spiro atoms. The van der Waals surface area contributed by atoms with Crippen molar-refractivity contribution in [2.75, 3.05) is 32.7 Å². The fraction of sp³-hybridized carbons (Fsp3) is 0.750. The lowest BCUT2D eigenvalue weighted by molar-refractivity contribution is -0.123. The lowest BCUT2D eigenvalue weighted by Gasteiger charge is -2.17. The van der Waals surface area contributed by atoms with E-state index < -0.39 is 5.91 Å². The van der Waals surface area contributed by atoms with Crippen LogP contribution < -0.4 is 16.8 Å². The SMILES string of the molecule is CCN(CC(N)=O)CC(=O)NCCN. The second-order valence-electron chi connectivity index (χ2n) is 2.91. The van der Waals surface area contributed by atoms with Gasteiger partial charge in [-0.2, -0.15) is 0 Å². The van der Waals surface area contributed by atoms with E-state index in [1.165, 1.54) is 0 Å². The van der Waals surface area contributed by atoms with Gasteiger partial charge in [-0.05, 0) is 6.54 Å². The van der Waals surface area contributed by atoms with E-state index in [0.717, 1.165) is 0 Å². The van der Waals surface area contributed by atoms with Gasteiger partial charge < -0.3 is 16.8 Å². The van der Waals surface area contributed by atoms with Crippen LogP contribution in [-0.4, -0.2) is 49.4 Å². The molecule has 2 amide bonds. The first-order valence-electron chi connectivity index (χ1n) is 4.57. The number of hydrogen-bond acceptors (Lipinski definition) is 4. The summed E-state index contributed by atoms with van der Waals surface area (Å²) < 4.78 is 0. The number of carbonyl (C=O) groups is 2. The third kappa shape index (κ3) is 6.38. The van der Waals surface area contributed by atoms with Gasteiger partial charge in [-0.1, -0.05) is 6.92 Å². The van der Waals surface area contributed by atoms with Crippen molar-refractivity contribution in [3.63, 3.8) is 0 Å². The van der Waals surface area contributed by atoms with Crippen molar-refractivity contribution in [3.8, 4) is 0 Å². The summed E-state index contributed by atoms with van der Waals surface area (Å²) in [6.45, 7) is 3.62. The largest absolute Gasteiger partial charge is 0.369 e. The average Bonchev–Trinajstić information content (AvgIpc) is 2.12. The highest BCUT2D eigenvalue weighted by Gasteiger charge is 2.10. The lowest BCUT2D eigenvalue weighted by atomic mass is 10.4. The van der Waals surface area contributed by atoms with Crippen LogP contribution in [0.2, 0.25) is 0 Å². The molecule has 0 aliphatic carbocycles. The van der Waals surface area contributed by atoms with Gasteiger partial charge in [-0.15, -0.1) is 0 Å². The lowest BCUT2D eigenvalue weighted by Crippen LogP contribution is -2.42. The number of nitrogens with two attached hydrogens (primary N) is 2. The highest BCUT2D eigenvalue weighted by atomic mass is 16.2. The normalized spacial score (nSPS) is 10.2. The van der Waals surface area contributed by atoms with E-state index in [2.05, 4.69) is 5.32 Å². The van der Waals surface area contributed by atoms with E-state index in [9.17, 15) is 9.59 Å². The first kappa shape index (κ1) is 12.9. The standard InChI is InChI=1S/C8H18N4O2/c1-2-12(5-7(10)13)6-8(14)11-4-3-9/h2-6,9H2,1H3,(H2,10,13)(H,11,14). The fourth-order valence-electron chi connectivity index (χ4n) is 0.970. The minimum absolute atomic E-state index is 0.104. The number of primary amides is 1. The van der Waals surface area contributed by atoms with Crippen LogP contribution in [0.4, 0.5) is 0 Å². The Kier molecular flexibility index (Phi) is 6.69. The molecule has 0 fully saturated rings. The summed E-state index contributed by atoms with van der Waals surface area (Å²) in [5, 5.41) is 2.61. The minimum Gasteiger partial charge on any atom is -0.369 e. The molecule has 0 aromatic rings. The Hall–Kier alpha value is -1.14. The molecule has 0 atom stereocenters.